The van der Waals surface area contributed by atoms with E-state index in [0.29, 0.717) is 15.0 Å². The molecule has 0 saturated carbocycles. The average Bonchev–Trinajstić information content (AvgIpc) is 2.28. The molecule has 0 unspecified atom stereocenters. The van der Waals surface area contributed by atoms with E-state index in [-0.39, 0.29) is 0 Å². The number of hydrogen-bond acceptors (Lipinski definition) is 0. The molecular weight excluding hydrogens is 273 g/mol. The molecule has 0 bridgehead atoms. The standard InChI is InChI=1S/C15H18NSe/c1-11-9-14(10-12(2)17-11)13-5-7-15(8-6-13)16(3)4/h5-10H,1-4H3/q+1. The summed E-state index contributed by atoms with van der Waals surface area (Å²) in [5.74, 6) is 0. The van der Waals surface area contributed by atoms with Gasteiger partial charge in [0, 0.05) is 0 Å². The van der Waals surface area contributed by atoms with Crippen LogP contribution in [-0.2, 0) is 0 Å². The van der Waals surface area contributed by atoms with Gasteiger partial charge in [-0.3, -0.25) is 0 Å². The first-order valence-electron chi connectivity index (χ1n) is 5.75. The molecule has 0 aromatic carbocycles. The van der Waals surface area contributed by atoms with Gasteiger partial charge in [-0.2, -0.15) is 0 Å². The minimum absolute atomic E-state index is 0.563. The third kappa shape index (κ3) is 2.96. The molecule has 2 heteroatoms. The van der Waals surface area contributed by atoms with Gasteiger partial charge in [-0.05, 0) is 0 Å². The first-order valence-corrected chi connectivity index (χ1v) is 7.47. The van der Waals surface area contributed by atoms with Gasteiger partial charge in [-0.15, -0.1) is 0 Å². The zero-order chi connectivity index (χ0) is 12.4. The Morgan fingerprint density at radius 2 is 1.35 bits per heavy atom. The van der Waals surface area contributed by atoms with Crippen LogP contribution in [0.15, 0.2) is 56.5 Å². The predicted octanol–water partition coefficient (Wildman–Crippen LogP) is 2.65. The van der Waals surface area contributed by atoms with Gasteiger partial charge in [0.1, 0.15) is 0 Å². The van der Waals surface area contributed by atoms with E-state index in [0.717, 1.165) is 0 Å². The summed E-state index contributed by atoms with van der Waals surface area (Å²) in [5, 5.41) is 0. The van der Waals surface area contributed by atoms with Crippen LogP contribution in [0.1, 0.15) is 13.8 Å². The van der Waals surface area contributed by atoms with Crippen LogP contribution >= 0.6 is 0 Å². The molecule has 0 fully saturated rings. The molecule has 0 radical (unpaired) electrons. The van der Waals surface area contributed by atoms with Gasteiger partial charge < -0.3 is 0 Å². The van der Waals surface area contributed by atoms with Crippen LogP contribution in [0.3, 0.4) is 0 Å². The molecule has 1 heterocycles. The maximum absolute atomic E-state index is 2.32. The summed E-state index contributed by atoms with van der Waals surface area (Å²) < 4.78 is 5.13. The van der Waals surface area contributed by atoms with Crippen molar-refractivity contribution in [3.63, 3.8) is 0 Å². The second-order valence-electron chi connectivity index (χ2n) is 4.51. The molecule has 1 aliphatic carbocycles. The minimum atomic E-state index is 0.563. The average molecular weight is 291 g/mol. The Hall–Kier alpha value is -1.11. The van der Waals surface area contributed by atoms with Gasteiger partial charge in [-0.25, -0.2) is 0 Å². The van der Waals surface area contributed by atoms with Crippen LogP contribution in [0, 0.1) is 0 Å². The summed E-state index contributed by atoms with van der Waals surface area (Å²) in [6.45, 7) is 4.45. The number of hydrogen-bond donors (Lipinski definition) is 0. The van der Waals surface area contributed by atoms with Gasteiger partial charge >= 0.3 is 110 Å². The SMILES string of the molecule is CC1=CC(=C2C=CC(=[N+](C)C)C=C2)C=C(C)[Se]1. The van der Waals surface area contributed by atoms with E-state index in [4.69, 9.17) is 0 Å². The van der Waals surface area contributed by atoms with Crippen LogP contribution in [-0.4, -0.2) is 39.3 Å². The van der Waals surface area contributed by atoms with Crippen LogP contribution in [0.2, 0.25) is 0 Å². The second kappa shape index (κ2) is 5.03. The Morgan fingerprint density at radius 1 is 0.824 bits per heavy atom. The van der Waals surface area contributed by atoms with Crippen molar-refractivity contribution in [1.82, 2.24) is 0 Å². The fourth-order valence-electron chi connectivity index (χ4n) is 1.91. The quantitative estimate of drug-likeness (QED) is 0.477. The first-order chi connectivity index (χ1) is 8.06. The van der Waals surface area contributed by atoms with E-state index in [1.807, 2.05) is 0 Å². The number of allylic oxidation sites excluding steroid dienone is 10. The fourth-order valence-corrected chi connectivity index (χ4v) is 3.76. The van der Waals surface area contributed by atoms with Crippen molar-refractivity contribution in [1.29, 1.82) is 0 Å². The number of nitrogens with zero attached hydrogens (tertiary/aromatic N) is 1. The van der Waals surface area contributed by atoms with Gasteiger partial charge in [0.15, 0.2) is 0 Å². The Morgan fingerprint density at radius 3 is 1.82 bits per heavy atom. The van der Waals surface area contributed by atoms with Crippen molar-refractivity contribution >= 4 is 20.7 Å². The third-order valence-electron chi connectivity index (χ3n) is 2.76. The molecular formula is C15H18NSe+. The van der Waals surface area contributed by atoms with Crippen LogP contribution in [0.4, 0.5) is 0 Å². The number of rotatable bonds is 0. The summed E-state index contributed by atoms with van der Waals surface area (Å²) >= 11 is 0.563. The van der Waals surface area contributed by atoms with Gasteiger partial charge in [0.2, 0.25) is 0 Å². The zero-order valence-electron chi connectivity index (χ0n) is 10.8. The third-order valence-corrected chi connectivity index (χ3v) is 4.60. The summed E-state index contributed by atoms with van der Waals surface area (Å²) in [6.07, 6.45) is 13.4. The Labute approximate surface area is 110 Å². The molecule has 0 N–H and O–H groups in total. The molecule has 0 aromatic rings. The molecule has 1 nitrogen and oxygen atoms in total. The molecule has 1 aliphatic heterocycles. The van der Waals surface area contributed by atoms with Crippen molar-refractivity contribution in [2.75, 3.05) is 14.1 Å². The summed E-state index contributed by atoms with van der Waals surface area (Å²) in [6, 6.07) is 0. The van der Waals surface area contributed by atoms with Gasteiger partial charge in [-0.1, -0.05) is 0 Å². The molecule has 0 amide bonds. The van der Waals surface area contributed by atoms with Gasteiger partial charge in [0.05, 0.1) is 0 Å². The maximum atomic E-state index is 2.32. The van der Waals surface area contributed by atoms with Crippen molar-refractivity contribution in [2.24, 2.45) is 0 Å². The Bertz CT molecular complexity index is 483. The van der Waals surface area contributed by atoms with Crippen LogP contribution < -0.4 is 0 Å². The topological polar surface area (TPSA) is 3.01 Å². The molecule has 17 heavy (non-hydrogen) atoms. The second-order valence-corrected chi connectivity index (χ2v) is 7.64. The van der Waals surface area contributed by atoms with E-state index in [2.05, 4.69) is 69.0 Å². The Kier molecular flexibility index (Phi) is 3.66. The van der Waals surface area contributed by atoms with E-state index in [1.165, 1.54) is 25.8 Å². The normalized spacial score (nSPS) is 19.4. The molecule has 0 spiro atoms. The molecule has 2 aliphatic rings. The van der Waals surface area contributed by atoms with Crippen molar-refractivity contribution < 1.29 is 4.58 Å². The molecule has 0 saturated heterocycles. The summed E-state index contributed by atoms with van der Waals surface area (Å²) in [5.41, 5.74) is 3.90. The first kappa shape index (κ1) is 12.3. The predicted molar refractivity (Wildman–Crippen MR) is 75.7 cm³/mol. The summed E-state index contributed by atoms with van der Waals surface area (Å²) in [4.78, 5) is 0. The molecule has 2 rings (SSSR count). The van der Waals surface area contributed by atoms with E-state index < -0.39 is 0 Å². The fraction of sp³-hybridized carbons (Fsp3) is 0.267. The molecule has 0 aromatic heterocycles. The van der Waals surface area contributed by atoms with E-state index in [1.54, 1.807) is 0 Å². The monoisotopic (exact) mass is 292 g/mol. The van der Waals surface area contributed by atoms with Crippen molar-refractivity contribution in [2.45, 2.75) is 13.8 Å². The molecule has 88 valence electrons. The molecule has 0 atom stereocenters. The Balaban J connectivity index is 2.38. The van der Waals surface area contributed by atoms with Crippen molar-refractivity contribution in [3.8, 4) is 0 Å². The van der Waals surface area contributed by atoms with Gasteiger partial charge in [0.25, 0.3) is 0 Å². The van der Waals surface area contributed by atoms with E-state index in [9.17, 15) is 0 Å². The zero-order valence-corrected chi connectivity index (χ0v) is 12.5. The van der Waals surface area contributed by atoms with Crippen LogP contribution in [0.5, 0.6) is 0 Å². The van der Waals surface area contributed by atoms with Crippen LogP contribution in [0.25, 0.3) is 0 Å². The summed E-state index contributed by atoms with van der Waals surface area (Å²) in [7, 11) is 4.14. The van der Waals surface area contributed by atoms with Crippen molar-refractivity contribution in [3.05, 3.63) is 56.5 Å². The van der Waals surface area contributed by atoms with E-state index >= 15 is 0 Å².